The molecule has 0 spiro atoms. The molecule has 0 radical (unpaired) electrons. The summed E-state index contributed by atoms with van der Waals surface area (Å²) in [6.07, 6.45) is 3.30. The number of carbonyl (C=O) groups is 1. The van der Waals surface area contributed by atoms with Crippen molar-refractivity contribution in [1.29, 1.82) is 0 Å². The molecule has 0 saturated heterocycles. The topological polar surface area (TPSA) is 120 Å². The van der Waals surface area contributed by atoms with Crippen molar-refractivity contribution in [3.63, 3.8) is 0 Å². The third-order valence-electron chi connectivity index (χ3n) is 4.99. The van der Waals surface area contributed by atoms with E-state index in [1.807, 2.05) is 51.1 Å². The molecule has 2 aromatic heterocycles. The molecule has 1 saturated carbocycles. The molecule has 1 aliphatic rings. The van der Waals surface area contributed by atoms with Crippen molar-refractivity contribution in [1.82, 2.24) is 25.5 Å². The van der Waals surface area contributed by atoms with Crippen LogP contribution in [0.3, 0.4) is 0 Å². The standard InChI is InChI=1S/C21H26N8O/c1-12-9-16(24-21(30)23-15-5-4-6-15)7-8-17(12)25-20-22-13(2)10-18(27-20)26-19-11-14(3)28-29-19/h7-11,15H,4-6H2,1-3H3,(H2,23,24,30)(H3,22,25,26,27,28,29). The van der Waals surface area contributed by atoms with Gasteiger partial charge in [0.05, 0.1) is 5.69 Å². The van der Waals surface area contributed by atoms with Crippen molar-refractivity contribution in [2.24, 2.45) is 0 Å². The Morgan fingerprint density at radius 2 is 1.87 bits per heavy atom. The molecule has 3 aromatic rings. The molecule has 2 heterocycles. The SMILES string of the molecule is Cc1cc(Nc2cc(C)nc(Nc3ccc(NC(=O)NC4CCC4)cc3C)n2)[nH]n1. The Kier molecular flexibility index (Phi) is 5.51. The second-order valence-electron chi connectivity index (χ2n) is 7.65. The van der Waals surface area contributed by atoms with Gasteiger partial charge < -0.3 is 21.3 Å². The summed E-state index contributed by atoms with van der Waals surface area (Å²) in [5.41, 5.74) is 4.31. The van der Waals surface area contributed by atoms with Gasteiger partial charge in [-0.05, 0) is 63.8 Å². The molecule has 1 fully saturated rings. The molecule has 9 heteroatoms. The van der Waals surface area contributed by atoms with E-state index < -0.39 is 0 Å². The number of rotatable bonds is 6. The van der Waals surface area contributed by atoms with Gasteiger partial charge in [0.1, 0.15) is 11.6 Å². The molecule has 30 heavy (non-hydrogen) atoms. The molecular weight excluding hydrogens is 380 g/mol. The number of aromatic nitrogens is 4. The summed E-state index contributed by atoms with van der Waals surface area (Å²) in [6.45, 7) is 5.80. The maximum absolute atomic E-state index is 12.1. The highest BCUT2D eigenvalue weighted by molar-refractivity contribution is 5.90. The minimum Gasteiger partial charge on any atom is -0.335 e. The Morgan fingerprint density at radius 3 is 2.53 bits per heavy atom. The smallest absolute Gasteiger partial charge is 0.319 e. The van der Waals surface area contributed by atoms with Crippen LogP contribution in [-0.2, 0) is 0 Å². The number of hydrogen-bond donors (Lipinski definition) is 5. The molecule has 5 N–H and O–H groups in total. The van der Waals surface area contributed by atoms with Crippen LogP contribution in [0.15, 0.2) is 30.3 Å². The van der Waals surface area contributed by atoms with Crippen LogP contribution in [0.2, 0.25) is 0 Å². The number of urea groups is 1. The Balaban J connectivity index is 1.43. The van der Waals surface area contributed by atoms with Gasteiger partial charge in [-0.1, -0.05) is 0 Å². The van der Waals surface area contributed by atoms with E-state index in [-0.39, 0.29) is 6.03 Å². The Morgan fingerprint density at radius 1 is 1.03 bits per heavy atom. The van der Waals surface area contributed by atoms with E-state index in [9.17, 15) is 4.79 Å². The van der Waals surface area contributed by atoms with Crippen molar-refractivity contribution in [3.8, 4) is 0 Å². The largest absolute Gasteiger partial charge is 0.335 e. The molecule has 2 amide bonds. The first kappa shape index (κ1) is 19.7. The number of anilines is 5. The lowest BCUT2D eigenvalue weighted by Crippen LogP contribution is -2.41. The zero-order valence-electron chi connectivity index (χ0n) is 17.3. The number of aromatic amines is 1. The first-order chi connectivity index (χ1) is 14.4. The quantitative estimate of drug-likeness (QED) is 0.417. The van der Waals surface area contributed by atoms with Crippen molar-refractivity contribution >= 4 is 35.0 Å². The van der Waals surface area contributed by atoms with Crippen LogP contribution in [0, 0.1) is 20.8 Å². The molecule has 0 aliphatic heterocycles. The van der Waals surface area contributed by atoms with Gasteiger partial charge in [0.25, 0.3) is 0 Å². The first-order valence-electron chi connectivity index (χ1n) is 10.0. The number of hydrogen-bond acceptors (Lipinski definition) is 6. The van der Waals surface area contributed by atoms with Crippen LogP contribution in [0.4, 0.5) is 33.8 Å². The second-order valence-corrected chi connectivity index (χ2v) is 7.65. The highest BCUT2D eigenvalue weighted by Gasteiger charge is 2.19. The summed E-state index contributed by atoms with van der Waals surface area (Å²) in [7, 11) is 0. The van der Waals surface area contributed by atoms with Crippen LogP contribution >= 0.6 is 0 Å². The van der Waals surface area contributed by atoms with Crippen LogP contribution in [0.5, 0.6) is 0 Å². The van der Waals surface area contributed by atoms with Gasteiger partial charge >= 0.3 is 6.03 Å². The highest BCUT2D eigenvalue weighted by Crippen LogP contribution is 2.24. The number of nitrogens with one attached hydrogen (secondary N) is 5. The lowest BCUT2D eigenvalue weighted by Gasteiger charge is -2.26. The van der Waals surface area contributed by atoms with Crippen LogP contribution < -0.4 is 21.3 Å². The lowest BCUT2D eigenvalue weighted by atomic mass is 9.93. The average Bonchev–Trinajstić information content (AvgIpc) is 3.05. The molecule has 156 valence electrons. The van der Waals surface area contributed by atoms with Crippen molar-refractivity contribution in [3.05, 3.63) is 47.3 Å². The monoisotopic (exact) mass is 406 g/mol. The predicted molar refractivity (Wildman–Crippen MR) is 118 cm³/mol. The van der Waals surface area contributed by atoms with E-state index in [2.05, 4.69) is 41.4 Å². The number of carbonyl (C=O) groups excluding carboxylic acids is 1. The fraction of sp³-hybridized carbons (Fsp3) is 0.333. The van der Waals surface area contributed by atoms with Gasteiger partial charge in [0, 0.05) is 35.2 Å². The third-order valence-corrected chi connectivity index (χ3v) is 4.99. The van der Waals surface area contributed by atoms with Gasteiger partial charge in [-0.3, -0.25) is 5.10 Å². The van der Waals surface area contributed by atoms with Gasteiger partial charge in [-0.15, -0.1) is 0 Å². The van der Waals surface area contributed by atoms with Crippen molar-refractivity contribution in [2.45, 2.75) is 46.1 Å². The number of amides is 2. The Labute approximate surface area is 175 Å². The van der Waals surface area contributed by atoms with Gasteiger partial charge in [-0.2, -0.15) is 10.1 Å². The summed E-state index contributed by atoms with van der Waals surface area (Å²) in [5, 5.41) is 19.3. The Hall–Kier alpha value is -3.62. The second kappa shape index (κ2) is 8.40. The first-order valence-corrected chi connectivity index (χ1v) is 10.0. The molecule has 0 atom stereocenters. The fourth-order valence-corrected chi connectivity index (χ4v) is 3.22. The van der Waals surface area contributed by atoms with Gasteiger partial charge in [0.15, 0.2) is 0 Å². The minimum atomic E-state index is -0.161. The highest BCUT2D eigenvalue weighted by atomic mass is 16.2. The fourth-order valence-electron chi connectivity index (χ4n) is 3.22. The number of nitrogens with zero attached hydrogens (tertiary/aromatic N) is 3. The molecule has 4 rings (SSSR count). The van der Waals surface area contributed by atoms with E-state index in [0.29, 0.717) is 17.8 Å². The van der Waals surface area contributed by atoms with E-state index in [1.165, 1.54) is 6.42 Å². The zero-order chi connectivity index (χ0) is 21.1. The van der Waals surface area contributed by atoms with Crippen LogP contribution in [-0.4, -0.2) is 32.2 Å². The van der Waals surface area contributed by atoms with Crippen molar-refractivity contribution < 1.29 is 4.79 Å². The summed E-state index contributed by atoms with van der Waals surface area (Å²) < 4.78 is 0. The predicted octanol–water partition coefficient (Wildman–Crippen LogP) is 4.29. The molecule has 0 unspecified atom stereocenters. The Bertz CT molecular complexity index is 1060. The number of H-pyrrole nitrogens is 1. The third kappa shape index (κ3) is 4.86. The molecule has 9 nitrogen and oxygen atoms in total. The van der Waals surface area contributed by atoms with E-state index in [0.717, 1.165) is 47.0 Å². The van der Waals surface area contributed by atoms with Crippen molar-refractivity contribution in [2.75, 3.05) is 16.0 Å². The number of aryl methyl sites for hydroxylation is 3. The zero-order valence-corrected chi connectivity index (χ0v) is 17.3. The maximum Gasteiger partial charge on any atom is 0.319 e. The van der Waals surface area contributed by atoms with Gasteiger partial charge in [-0.25, -0.2) is 9.78 Å². The number of benzene rings is 1. The molecule has 1 aliphatic carbocycles. The summed E-state index contributed by atoms with van der Waals surface area (Å²) >= 11 is 0. The van der Waals surface area contributed by atoms with Gasteiger partial charge in [0.2, 0.25) is 5.95 Å². The van der Waals surface area contributed by atoms with Crippen LogP contribution in [0.1, 0.15) is 36.2 Å². The lowest BCUT2D eigenvalue weighted by molar-refractivity contribution is 0.240. The molecular formula is C21H26N8O. The van der Waals surface area contributed by atoms with Crippen LogP contribution in [0.25, 0.3) is 0 Å². The normalized spacial score (nSPS) is 13.4. The molecule has 1 aromatic carbocycles. The average molecular weight is 406 g/mol. The molecule has 0 bridgehead atoms. The maximum atomic E-state index is 12.1. The summed E-state index contributed by atoms with van der Waals surface area (Å²) in [6, 6.07) is 9.60. The van der Waals surface area contributed by atoms with E-state index >= 15 is 0 Å². The summed E-state index contributed by atoms with van der Waals surface area (Å²) in [4.78, 5) is 21.1. The summed E-state index contributed by atoms with van der Waals surface area (Å²) in [5.74, 6) is 1.92. The van der Waals surface area contributed by atoms with E-state index in [4.69, 9.17) is 0 Å². The van der Waals surface area contributed by atoms with E-state index in [1.54, 1.807) is 0 Å². The minimum absolute atomic E-state index is 0.161.